The zero-order chi connectivity index (χ0) is 15.0. The zero-order valence-electron chi connectivity index (χ0n) is 12.0. The molecule has 0 fully saturated rings. The van der Waals surface area contributed by atoms with E-state index in [1.807, 2.05) is 37.5 Å². The van der Waals surface area contributed by atoms with Gasteiger partial charge in [-0.1, -0.05) is 0 Å². The fourth-order valence-corrected chi connectivity index (χ4v) is 2.37. The van der Waals surface area contributed by atoms with Crippen LogP contribution in [0.25, 0.3) is 10.9 Å². The molecule has 2 heterocycles. The van der Waals surface area contributed by atoms with Gasteiger partial charge in [0, 0.05) is 49.0 Å². The molecule has 0 unspecified atom stereocenters. The summed E-state index contributed by atoms with van der Waals surface area (Å²) in [6, 6.07) is 7.37. The molecule has 0 saturated carbocycles. The number of aryl methyl sites for hydroxylation is 1. The molecule has 3 rings (SSSR count). The number of benzene rings is 1. The number of anilines is 1. The van der Waals surface area contributed by atoms with Gasteiger partial charge >= 0.3 is 0 Å². The van der Waals surface area contributed by atoms with Gasteiger partial charge in [-0.3, -0.25) is 9.48 Å². The monoisotopic (exact) mass is 283 g/mol. The molecule has 0 bridgehead atoms. The summed E-state index contributed by atoms with van der Waals surface area (Å²) in [5.74, 6) is -0.0615. The maximum Gasteiger partial charge on any atom is 0.270 e. The van der Waals surface area contributed by atoms with Gasteiger partial charge in [0.2, 0.25) is 0 Å². The van der Waals surface area contributed by atoms with E-state index < -0.39 is 0 Å². The number of carbonyl (C=O) groups is 1. The zero-order valence-corrected chi connectivity index (χ0v) is 12.0. The smallest absolute Gasteiger partial charge is 0.270 e. The van der Waals surface area contributed by atoms with Crippen LogP contribution in [0.3, 0.4) is 0 Å². The van der Waals surface area contributed by atoms with Crippen molar-refractivity contribution in [3.05, 3.63) is 47.9 Å². The molecule has 21 heavy (non-hydrogen) atoms. The number of nitrogens with two attached hydrogens (primary N) is 1. The first kappa shape index (κ1) is 13.2. The van der Waals surface area contributed by atoms with Crippen LogP contribution < -0.4 is 5.73 Å². The van der Waals surface area contributed by atoms with E-state index in [2.05, 4.69) is 10.1 Å². The van der Waals surface area contributed by atoms with Crippen molar-refractivity contribution in [1.29, 1.82) is 0 Å². The van der Waals surface area contributed by atoms with Crippen molar-refractivity contribution < 1.29 is 4.79 Å². The average molecular weight is 283 g/mol. The Labute approximate surface area is 122 Å². The Kier molecular flexibility index (Phi) is 3.13. The van der Waals surface area contributed by atoms with Crippen LogP contribution in [0.2, 0.25) is 0 Å². The molecule has 1 amide bonds. The number of hydrogen-bond donors (Lipinski definition) is 2. The Hall–Kier alpha value is -2.76. The molecule has 0 saturated heterocycles. The summed E-state index contributed by atoms with van der Waals surface area (Å²) in [5.41, 5.74) is 8.90. The van der Waals surface area contributed by atoms with E-state index in [-0.39, 0.29) is 5.91 Å². The lowest BCUT2D eigenvalue weighted by atomic mass is 10.2. The molecule has 3 N–H and O–H groups in total. The van der Waals surface area contributed by atoms with Crippen LogP contribution in [0.15, 0.2) is 36.7 Å². The lowest BCUT2D eigenvalue weighted by molar-refractivity contribution is 0.0780. The molecule has 108 valence electrons. The summed E-state index contributed by atoms with van der Waals surface area (Å²) in [6.07, 6.45) is 3.66. The summed E-state index contributed by atoms with van der Waals surface area (Å²) in [6.45, 7) is 0.518. The average Bonchev–Trinajstić information content (AvgIpc) is 3.03. The highest BCUT2D eigenvalue weighted by atomic mass is 16.2. The Morgan fingerprint density at radius 3 is 2.95 bits per heavy atom. The number of nitrogens with one attached hydrogen (secondary N) is 1. The third kappa shape index (κ3) is 2.60. The number of fused-ring (bicyclic) bond motifs is 1. The van der Waals surface area contributed by atoms with E-state index >= 15 is 0 Å². The highest BCUT2D eigenvalue weighted by molar-refractivity contribution is 5.98. The van der Waals surface area contributed by atoms with E-state index in [4.69, 9.17) is 5.73 Å². The van der Waals surface area contributed by atoms with Gasteiger partial charge in [0.05, 0.1) is 6.20 Å². The largest absolute Gasteiger partial charge is 0.399 e. The lowest BCUT2D eigenvalue weighted by Gasteiger charge is -2.14. The van der Waals surface area contributed by atoms with E-state index in [1.165, 1.54) is 0 Å². The second kappa shape index (κ2) is 4.97. The van der Waals surface area contributed by atoms with Crippen LogP contribution in [0.1, 0.15) is 16.1 Å². The minimum absolute atomic E-state index is 0.0615. The highest BCUT2D eigenvalue weighted by Gasteiger charge is 2.15. The SMILES string of the molecule is CN(Cc1cnn(C)c1)C(=O)c1cc2cc(N)ccc2[nH]1. The lowest BCUT2D eigenvalue weighted by Crippen LogP contribution is -2.26. The van der Waals surface area contributed by atoms with Crippen molar-refractivity contribution in [3.8, 4) is 0 Å². The Bertz CT molecular complexity index is 801. The quantitative estimate of drug-likeness (QED) is 0.719. The first-order valence-electron chi connectivity index (χ1n) is 6.64. The summed E-state index contributed by atoms with van der Waals surface area (Å²) < 4.78 is 1.72. The normalized spacial score (nSPS) is 11.0. The van der Waals surface area contributed by atoms with Crippen molar-refractivity contribution in [3.63, 3.8) is 0 Å². The van der Waals surface area contributed by atoms with Gasteiger partial charge in [0.15, 0.2) is 0 Å². The number of H-pyrrole nitrogens is 1. The third-order valence-corrected chi connectivity index (χ3v) is 3.40. The minimum Gasteiger partial charge on any atom is -0.399 e. The summed E-state index contributed by atoms with van der Waals surface area (Å²) in [4.78, 5) is 17.2. The molecular weight excluding hydrogens is 266 g/mol. The second-order valence-corrected chi connectivity index (χ2v) is 5.21. The first-order valence-corrected chi connectivity index (χ1v) is 6.64. The van der Waals surface area contributed by atoms with Crippen molar-refractivity contribution in [2.45, 2.75) is 6.54 Å². The van der Waals surface area contributed by atoms with Crippen LogP contribution in [-0.2, 0) is 13.6 Å². The van der Waals surface area contributed by atoms with Gasteiger partial charge in [-0.15, -0.1) is 0 Å². The third-order valence-electron chi connectivity index (χ3n) is 3.40. The van der Waals surface area contributed by atoms with Crippen molar-refractivity contribution >= 4 is 22.5 Å². The molecule has 3 aromatic rings. The highest BCUT2D eigenvalue weighted by Crippen LogP contribution is 2.19. The van der Waals surface area contributed by atoms with E-state index in [0.29, 0.717) is 17.9 Å². The maximum atomic E-state index is 12.4. The molecule has 6 heteroatoms. The van der Waals surface area contributed by atoms with Gasteiger partial charge < -0.3 is 15.6 Å². The standard InChI is InChI=1S/C15H17N5O/c1-19(8-10-7-17-20(2)9-10)15(21)14-6-11-5-12(16)3-4-13(11)18-14/h3-7,9,18H,8,16H2,1-2H3. The maximum absolute atomic E-state index is 12.4. The van der Waals surface area contributed by atoms with E-state index in [0.717, 1.165) is 16.5 Å². The summed E-state index contributed by atoms with van der Waals surface area (Å²) in [7, 11) is 3.63. The van der Waals surface area contributed by atoms with Gasteiger partial charge in [-0.2, -0.15) is 5.10 Å². The van der Waals surface area contributed by atoms with Crippen LogP contribution >= 0.6 is 0 Å². The van der Waals surface area contributed by atoms with Crippen LogP contribution in [0.5, 0.6) is 0 Å². The molecule has 1 aromatic carbocycles. The molecular formula is C15H17N5O. The fourth-order valence-electron chi connectivity index (χ4n) is 2.37. The number of rotatable bonds is 3. The Morgan fingerprint density at radius 1 is 1.43 bits per heavy atom. The topological polar surface area (TPSA) is 79.9 Å². The molecule has 0 spiro atoms. The predicted octanol–water partition coefficient (Wildman–Crippen LogP) is 1.76. The number of aromatic amines is 1. The van der Waals surface area contributed by atoms with Gasteiger partial charge in [0.25, 0.3) is 5.91 Å². The Balaban J connectivity index is 1.82. The number of nitrogen functional groups attached to an aromatic ring is 1. The number of carbonyl (C=O) groups excluding carboxylic acids is 1. The predicted molar refractivity (Wildman–Crippen MR) is 81.7 cm³/mol. The fraction of sp³-hybridized carbons (Fsp3) is 0.200. The summed E-state index contributed by atoms with van der Waals surface area (Å²) in [5, 5.41) is 5.04. The minimum atomic E-state index is -0.0615. The van der Waals surface area contributed by atoms with Crippen molar-refractivity contribution in [2.75, 3.05) is 12.8 Å². The van der Waals surface area contributed by atoms with Crippen molar-refractivity contribution in [2.24, 2.45) is 7.05 Å². The molecule has 0 atom stereocenters. The molecule has 2 aromatic heterocycles. The van der Waals surface area contributed by atoms with Crippen LogP contribution in [-0.4, -0.2) is 32.6 Å². The number of nitrogens with zero attached hydrogens (tertiary/aromatic N) is 3. The Morgan fingerprint density at radius 2 is 2.24 bits per heavy atom. The number of amides is 1. The number of aromatic nitrogens is 3. The molecule has 0 aliphatic heterocycles. The molecule has 0 radical (unpaired) electrons. The van der Waals surface area contributed by atoms with E-state index in [9.17, 15) is 4.79 Å². The van der Waals surface area contributed by atoms with Crippen LogP contribution in [0.4, 0.5) is 5.69 Å². The van der Waals surface area contributed by atoms with Crippen molar-refractivity contribution in [1.82, 2.24) is 19.7 Å². The molecule has 0 aliphatic rings. The molecule has 0 aliphatic carbocycles. The molecule has 6 nitrogen and oxygen atoms in total. The first-order chi connectivity index (χ1) is 10.0. The van der Waals surface area contributed by atoms with Gasteiger partial charge in [-0.05, 0) is 24.3 Å². The van der Waals surface area contributed by atoms with Crippen LogP contribution in [0, 0.1) is 0 Å². The van der Waals surface area contributed by atoms with Gasteiger partial charge in [0.1, 0.15) is 5.69 Å². The van der Waals surface area contributed by atoms with Gasteiger partial charge in [-0.25, -0.2) is 0 Å². The van der Waals surface area contributed by atoms with E-state index in [1.54, 1.807) is 22.8 Å². The second-order valence-electron chi connectivity index (χ2n) is 5.21. The number of hydrogen-bond acceptors (Lipinski definition) is 3. The summed E-state index contributed by atoms with van der Waals surface area (Å²) >= 11 is 0.